The van der Waals surface area contributed by atoms with E-state index < -0.39 is 12.0 Å². The van der Waals surface area contributed by atoms with Crippen molar-refractivity contribution in [1.82, 2.24) is 5.32 Å². The molecule has 2 rings (SSSR count). The van der Waals surface area contributed by atoms with Gasteiger partial charge < -0.3 is 15.2 Å². The van der Waals surface area contributed by atoms with Gasteiger partial charge in [0.15, 0.2) is 6.10 Å². The molecule has 2 N–H and O–H groups in total. The van der Waals surface area contributed by atoms with E-state index in [1.807, 2.05) is 31.2 Å². The van der Waals surface area contributed by atoms with E-state index in [1.54, 1.807) is 18.2 Å². The fourth-order valence-electron chi connectivity index (χ4n) is 2.10. The van der Waals surface area contributed by atoms with Crippen LogP contribution in [0.2, 0.25) is 5.02 Å². The van der Waals surface area contributed by atoms with Gasteiger partial charge in [-0.05, 0) is 41.8 Å². The van der Waals surface area contributed by atoms with Gasteiger partial charge in [-0.2, -0.15) is 0 Å². The number of hydrogen-bond donors (Lipinski definition) is 2. The predicted molar refractivity (Wildman–Crippen MR) is 86.0 cm³/mol. The van der Waals surface area contributed by atoms with Crippen molar-refractivity contribution in [1.29, 1.82) is 0 Å². The maximum absolute atomic E-state index is 11.7. The lowest BCUT2D eigenvalue weighted by molar-refractivity contribution is -0.129. The Morgan fingerprint density at radius 2 is 2.05 bits per heavy atom. The molecular formula is C17H18ClNO3. The lowest BCUT2D eigenvalue weighted by atomic mass is 10.0. The molecule has 0 aliphatic rings. The highest BCUT2D eigenvalue weighted by atomic mass is 35.5. The number of nitrogens with one attached hydrogen (secondary N) is 1. The maximum Gasteiger partial charge on any atom is 0.253 e. The zero-order valence-electron chi connectivity index (χ0n) is 12.5. The molecule has 0 saturated heterocycles. The number of benzene rings is 2. The molecule has 1 atom stereocenters. The molecule has 0 heterocycles. The third-order valence-electron chi connectivity index (χ3n) is 3.37. The molecule has 0 saturated carbocycles. The van der Waals surface area contributed by atoms with E-state index in [-0.39, 0.29) is 6.61 Å². The van der Waals surface area contributed by atoms with Gasteiger partial charge in [0.2, 0.25) is 0 Å². The first-order valence-electron chi connectivity index (χ1n) is 6.89. The molecule has 2 aromatic carbocycles. The third-order valence-corrected chi connectivity index (χ3v) is 3.61. The molecule has 2 aromatic rings. The van der Waals surface area contributed by atoms with Crippen molar-refractivity contribution in [3.8, 4) is 5.75 Å². The molecule has 0 spiro atoms. The minimum Gasteiger partial charge on any atom is -0.489 e. The number of para-hydroxylation sites is 1. The SMILES string of the molecule is CNC(=O)C(O)c1cc(Cl)ccc1COc1ccccc1C. The van der Waals surface area contributed by atoms with Crippen LogP contribution in [-0.2, 0) is 11.4 Å². The number of likely N-dealkylation sites (N-methyl/N-ethyl adjacent to an activating group) is 1. The first kappa shape index (κ1) is 16.3. The Balaban J connectivity index is 2.24. The molecular weight excluding hydrogens is 302 g/mol. The molecule has 1 amide bonds. The summed E-state index contributed by atoms with van der Waals surface area (Å²) in [5.74, 6) is 0.275. The highest BCUT2D eigenvalue weighted by Gasteiger charge is 2.20. The minimum absolute atomic E-state index is 0.241. The van der Waals surface area contributed by atoms with Gasteiger partial charge in [0.1, 0.15) is 12.4 Å². The van der Waals surface area contributed by atoms with E-state index in [9.17, 15) is 9.90 Å². The number of aliphatic hydroxyl groups excluding tert-OH is 1. The van der Waals surface area contributed by atoms with Crippen LogP contribution < -0.4 is 10.1 Å². The molecule has 5 heteroatoms. The number of halogens is 1. The highest BCUT2D eigenvalue weighted by Crippen LogP contribution is 2.25. The summed E-state index contributed by atoms with van der Waals surface area (Å²) in [6.45, 7) is 2.20. The molecule has 0 aliphatic heterocycles. The van der Waals surface area contributed by atoms with E-state index in [0.29, 0.717) is 16.1 Å². The van der Waals surface area contributed by atoms with Crippen LogP contribution in [0.1, 0.15) is 22.8 Å². The van der Waals surface area contributed by atoms with Crippen LogP contribution in [0.15, 0.2) is 42.5 Å². The Labute approximate surface area is 134 Å². The summed E-state index contributed by atoms with van der Waals surface area (Å²) in [6.07, 6.45) is -1.28. The number of rotatable bonds is 5. The molecule has 0 aromatic heterocycles. The van der Waals surface area contributed by atoms with Crippen LogP contribution in [-0.4, -0.2) is 18.1 Å². The molecule has 0 aliphatic carbocycles. The number of amides is 1. The lowest BCUT2D eigenvalue weighted by Crippen LogP contribution is -2.26. The summed E-state index contributed by atoms with van der Waals surface area (Å²) >= 11 is 5.97. The van der Waals surface area contributed by atoms with Gasteiger partial charge in [-0.1, -0.05) is 35.9 Å². The molecule has 0 radical (unpaired) electrons. The Hall–Kier alpha value is -2.04. The van der Waals surface area contributed by atoms with E-state index in [2.05, 4.69) is 5.32 Å². The van der Waals surface area contributed by atoms with Crippen molar-refractivity contribution in [2.24, 2.45) is 0 Å². The normalized spacial score (nSPS) is 11.8. The van der Waals surface area contributed by atoms with E-state index in [4.69, 9.17) is 16.3 Å². The van der Waals surface area contributed by atoms with Crippen molar-refractivity contribution in [3.63, 3.8) is 0 Å². The lowest BCUT2D eigenvalue weighted by Gasteiger charge is -2.16. The topological polar surface area (TPSA) is 58.6 Å². The number of carbonyl (C=O) groups excluding carboxylic acids is 1. The monoisotopic (exact) mass is 319 g/mol. The average molecular weight is 320 g/mol. The zero-order chi connectivity index (χ0) is 16.1. The van der Waals surface area contributed by atoms with Crippen LogP contribution in [0.4, 0.5) is 0 Å². The van der Waals surface area contributed by atoms with Gasteiger partial charge in [-0.25, -0.2) is 0 Å². The van der Waals surface area contributed by atoms with Gasteiger partial charge in [-0.3, -0.25) is 4.79 Å². The Kier molecular flexibility index (Phi) is 5.41. The maximum atomic E-state index is 11.7. The summed E-state index contributed by atoms with van der Waals surface area (Å²) in [5, 5.41) is 13.0. The number of ether oxygens (including phenoxy) is 1. The van der Waals surface area contributed by atoms with Crippen molar-refractivity contribution in [2.45, 2.75) is 19.6 Å². The Bertz CT molecular complexity index is 673. The van der Waals surface area contributed by atoms with Crippen molar-refractivity contribution >= 4 is 17.5 Å². The van der Waals surface area contributed by atoms with Gasteiger partial charge in [0.05, 0.1) is 0 Å². The number of hydrogen-bond acceptors (Lipinski definition) is 3. The minimum atomic E-state index is -1.28. The van der Waals surface area contributed by atoms with Crippen molar-refractivity contribution < 1.29 is 14.6 Å². The van der Waals surface area contributed by atoms with Crippen LogP contribution in [0.25, 0.3) is 0 Å². The highest BCUT2D eigenvalue weighted by molar-refractivity contribution is 6.30. The zero-order valence-corrected chi connectivity index (χ0v) is 13.2. The quantitative estimate of drug-likeness (QED) is 0.890. The summed E-state index contributed by atoms with van der Waals surface area (Å²) in [6, 6.07) is 12.7. The molecule has 0 bridgehead atoms. The van der Waals surface area contributed by atoms with Crippen LogP contribution >= 0.6 is 11.6 Å². The predicted octanol–water partition coefficient (Wildman–Crippen LogP) is 3.01. The van der Waals surface area contributed by atoms with Gasteiger partial charge in [-0.15, -0.1) is 0 Å². The second-order valence-electron chi connectivity index (χ2n) is 4.91. The van der Waals surface area contributed by atoms with Crippen molar-refractivity contribution in [3.05, 3.63) is 64.2 Å². The van der Waals surface area contributed by atoms with E-state index in [1.165, 1.54) is 7.05 Å². The second-order valence-corrected chi connectivity index (χ2v) is 5.35. The summed E-state index contributed by atoms with van der Waals surface area (Å²) in [5.41, 5.74) is 2.18. The number of aliphatic hydroxyl groups is 1. The Morgan fingerprint density at radius 1 is 1.32 bits per heavy atom. The molecule has 22 heavy (non-hydrogen) atoms. The first-order chi connectivity index (χ1) is 10.5. The molecule has 0 fully saturated rings. The number of aryl methyl sites for hydroxylation is 1. The summed E-state index contributed by atoms with van der Waals surface area (Å²) in [7, 11) is 1.47. The van der Waals surface area contributed by atoms with Crippen molar-refractivity contribution in [2.75, 3.05) is 7.05 Å². The van der Waals surface area contributed by atoms with Crippen LogP contribution in [0.3, 0.4) is 0 Å². The fourth-order valence-corrected chi connectivity index (χ4v) is 2.28. The largest absolute Gasteiger partial charge is 0.489 e. The smallest absolute Gasteiger partial charge is 0.253 e. The summed E-state index contributed by atoms with van der Waals surface area (Å²) < 4.78 is 5.78. The molecule has 116 valence electrons. The Morgan fingerprint density at radius 3 is 2.73 bits per heavy atom. The van der Waals surface area contributed by atoms with Crippen LogP contribution in [0.5, 0.6) is 5.75 Å². The second kappa shape index (κ2) is 7.29. The third kappa shape index (κ3) is 3.78. The average Bonchev–Trinajstić information content (AvgIpc) is 2.53. The van der Waals surface area contributed by atoms with Gasteiger partial charge in [0, 0.05) is 12.1 Å². The van der Waals surface area contributed by atoms with Gasteiger partial charge in [0.25, 0.3) is 5.91 Å². The molecule has 4 nitrogen and oxygen atoms in total. The van der Waals surface area contributed by atoms with E-state index in [0.717, 1.165) is 11.3 Å². The van der Waals surface area contributed by atoms with E-state index >= 15 is 0 Å². The van der Waals surface area contributed by atoms with Gasteiger partial charge >= 0.3 is 0 Å². The molecule has 1 unspecified atom stereocenters. The number of carbonyl (C=O) groups is 1. The standard InChI is InChI=1S/C17H18ClNO3/c1-11-5-3-4-6-15(11)22-10-12-7-8-13(18)9-14(12)16(20)17(21)19-2/h3-9,16,20H,10H2,1-2H3,(H,19,21). The first-order valence-corrected chi connectivity index (χ1v) is 7.27. The fraction of sp³-hybridized carbons (Fsp3) is 0.235. The summed E-state index contributed by atoms with van der Waals surface area (Å²) in [4.78, 5) is 11.7. The van der Waals surface area contributed by atoms with Crippen LogP contribution in [0, 0.1) is 6.92 Å².